The van der Waals surface area contributed by atoms with Crippen molar-refractivity contribution in [2.75, 3.05) is 6.54 Å². The number of nitrogens with zero attached hydrogens (tertiary/aromatic N) is 2. The van der Waals surface area contributed by atoms with Crippen molar-refractivity contribution < 1.29 is 14.3 Å². The maximum Gasteiger partial charge on any atom is 0.418 e. The highest BCUT2D eigenvalue weighted by molar-refractivity contribution is 7.96. The van der Waals surface area contributed by atoms with Gasteiger partial charge in [0.2, 0.25) is 0 Å². The van der Waals surface area contributed by atoms with Gasteiger partial charge in [-0.25, -0.2) is 9.59 Å². The SMILES string of the molecule is CCCCCN(C(=O)OC(=O)C(C#N)=P(c1ccccc1)(c1ccccc1)c1ccccc1)C(C)(C)C. The number of amides is 1. The third kappa shape index (κ3) is 6.21. The molecule has 0 saturated heterocycles. The molecule has 0 unspecified atom stereocenters. The van der Waals surface area contributed by atoms with Gasteiger partial charge in [-0.2, -0.15) is 5.26 Å². The third-order valence-electron chi connectivity index (χ3n) is 6.26. The van der Waals surface area contributed by atoms with Crippen LogP contribution in [0, 0.1) is 11.3 Å². The topological polar surface area (TPSA) is 70.4 Å². The Morgan fingerprint density at radius 3 is 1.59 bits per heavy atom. The van der Waals surface area contributed by atoms with E-state index in [0.717, 1.165) is 35.2 Å². The van der Waals surface area contributed by atoms with Gasteiger partial charge in [-0.1, -0.05) is 111 Å². The van der Waals surface area contributed by atoms with E-state index in [2.05, 4.69) is 13.0 Å². The minimum absolute atomic E-state index is 0.0631. The Morgan fingerprint density at radius 2 is 1.24 bits per heavy atom. The molecule has 0 fully saturated rings. The molecular formula is C31H35N2O3P. The predicted octanol–water partition coefficient (Wildman–Crippen LogP) is 5.63. The summed E-state index contributed by atoms with van der Waals surface area (Å²) in [4.78, 5) is 28.7. The number of benzene rings is 3. The van der Waals surface area contributed by atoms with Crippen molar-refractivity contribution in [3.05, 3.63) is 91.0 Å². The first-order chi connectivity index (χ1) is 17.8. The Kier molecular flexibility index (Phi) is 9.50. The predicted molar refractivity (Wildman–Crippen MR) is 153 cm³/mol. The van der Waals surface area contributed by atoms with Crippen LogP contribution in [0.5, 0.6) is 0 Å². The van der Waals surface area contributed by atoms with Gasteiger partial charge in [0.25, 0.3) is 0 Å². The lowest BCUT2D eigenvalue weighted by molar-refractivity contribution is -0.130. The second-order valence-corrected chi connectivity index (χ2v) is 13.2. The molecule has 3 aromatic carbocycles. The number of esters is 1. The fourth-order valence-electron chi connectivity index (χ4n) is 4.45. The molecule has 0 aliphatic carbocycles. The molecule has 37 heavy (non-hydrogen) atoms. The van der Waals surface area contributed by atoms with E-state index in [1.807, 2.05) is 112 Å². The van der Waals surface area contributed by atoms with Gasteiger partial charge in [0, 0.05) is 19.0 Å². The summed E-state index contributed by atoms with van der Waals surface area (Å²) in [5.74, 6) is -0.901. The molecule has 6 heteroatoms. The molecule has 0 N–H and O–H groups in total. The molecular weight excluding hydrogens is 479 g/mol. The first kappa shape index (κ1) is 28.0. The smallest absolute Gasteiger partial charge is 0.372 e. The molecule has 0 bridgehead atoms. The molecule has 0 aromatic heterocycles. The number of unbranched alkanes of at least 4 members (excludes halogenated alkanes) is 2. The minimum atomic E-state index is -2.96. The summed E-state index contributed by atoms with van der Waals surface area (Å²) in [5, 5.41) is 13.0. The van der Waals surface area contributed by atoms with Crippen LogP contribution in [0.3, 0.4) is 0 Å². The second kappa shape index (κ2) is 12.6. The van der Waals surface area contributed by atoms with E-state index in [1.165, 1.54) is 0 Å². The zero-order valence-electron chi connectivity index (χ0n) is 22.1. The maximum absolute atomic E-state index is 13.8. The monoisotopic (exact) mass is 514 g/mol. The Labute approximate surface area is 220 Å². The lowest BCUT2D eigenvalue weighted by atomic mass is 10.1. The van der Waals surface area contributed by atoms with Crippen LogP contribution in [-0.2, 0) is 9.53 Å². The summed E-state index contributed by atoms with van der Waals surface area (Å²) >= 11 is 0. The Hall–Kier alpha value is -3.61. The van der Waals surface area contributed by atoms with Crippen LogP contribution in [0.15, 0.2) is 91.0 Å². The number of rotatable bonds is 8. The fourth-order valence-corrected chi connectivity index (χ4v) is 8.45. The Bertz CT molecular complexity index is 1190. The molecule has 0 atom stereocenters. The highest BCUT2D eigenvalue weighted by Crippen LogP contribution is 2.46. The van der Waals surface area contributed by atoms with Gasteiger partial charge in [-0.15, -0.1) is 0 Å². The van der Waals surface area contributed by atoms with Gasteiger partial charge in [0.05, 0.1) is 0 Å². The summed E-state index contributed by atoms with van der Waals surface area (Å²) in [5.41, 5.74) is -0.539. The summed E-state index contributed by atoms with van der Waals surface area (Å²) in [6.07, 6.45) is 2.06. The zero-order chi connectivity index (χ0) is 26.9. The number of nitriles is 1. The van der Waals surface area contributed by atoms with Crippen molar-refractivity contribution in [1.29, 1.82) is 5.26 Å². The van der Waals surface area contributed by atoms with Crippen molar-refractivity contribution >= 4 is 40.2 Å². The lowest BCUT2D eigenvalue weighted by Gasteiger charge is -2.35. The molecule has 0 saturated carbocycles. The van der Waals surface area contributed by atoms with E-state index >= 15 is 0 Å². The van der Waals surface area contributed by atoms with Crippen LogP contribution in [0.25, 0.3) is 0 Å². The van der Waals surface area contributed by atoms with Crippen LogP contribution < -0.4 is 15.9 Å². The van der Waals surface area contributed by atoms with Crippen molar-refractivity contribution in [1.82, 2.24) is 4.90 Å². The number of carbonyl (C=O) groups excluding carboxylic acids is 2. The molecule has 5 nitrogen and oxygen atoms in total. The van der Waals surface area contributed by atoms with Gasteiger partial charge in [-0.3, -0.25) is 0 Å². The van der Waals surface area contributed by atoms with Crippen molar-refractivity contribution in [3.63, 3.8) is 0 Å². The first-order valence-corrected chi connectivity index (χ1v) is 14.4. The highest BCUT2D eigenvalue weighted by atomic mass is 31.2. The Balaban J connectivity index is 2.25. The molecule has 0 radical (unpaired) electrons. The van der Waals surface area contributed by atoms with Crippen LogP contribution in [0.1, 0.15) is 47.0 Å². The van der Waals surface area contributed by atoms with Gasteiger partial charge >= 0.3 is 12.1 Å². The maximum atomic E-state index is 13.8. The van der Waals surface area contributed by atoms with E-state index in [-0.39, 0.29) is 5.29 Å². The summed E-state index contributed by atoms with van der Waals surface area (Å²) in [7, 11) is 0. The second-order valence-electron chi connectivity index (χ2n) is 9.82. The average molecular weight is 515 g/mol. The van der Waals surface area contributed by atoms with E-state index in [9.17, 15) is 14.9 Å². The molecule has 0 aliphatic rings. The highest BCUT2D eigenvalue weighted by Gasteiger charge is 2.36. The van der Waals surface area contributed by atoms with Crippen molar-refractivity contribution in [3.8, 4) is 6.07 Å². The number of ether oxygens (including phenoxy) is 1. The number of hydrogen-bond donors (Lipinski definition) is 0. The van der Waals surface area contributed by atoms with E-state index in [4.69, 9.17) is 4.74 Å². The molecule has 1 amide bonds. The summed E-state index contributed by atoms with van der Waals surface area (Å²) in [6, 6.07) is 30.9. The van der Waals surface area contributed by atoms with Gasteiger partial charge in [-0.05, 0) is 43.1 Å². The van der Waals surface area contributed by atoms with Crippen LogP contribution in [0.2, 0.25) is 0 Å². The quantitative estimate of drug-likeness (QED) is 0.169. The summed E-state index contributed by atoms with van der Waals surface area (Å²) in [6.45, 7) is 5.34. The van der Waals surface area contributed by atoms with Crippen LogP contribution in [-0.4, -0.2) is 34.3 Å². The van der Waals surface area contributed by atoms with Crippen molar-refractivity contribution in [2.24, 2.45) is 0 Å². The molecule has 3 rings (SSSR count). The normalized spacial score (nSPS) is 11.3. The van der Waals surface area contributed by atoms with Crippen molar-refractivity contribution in [2.45, 2.75) is 52.5 Å². The first-order valence-electron chi connectivity index (χ1n) is 12.6. The van der Waals surface area contributed by atoms with E-state index in [0.29, 0.717) is 6.54 Å². The molecule has 0 spiro atoms. The molecule has 0 aliphatic heterocycles. The largest absolute Gasteiger partial charge is 0.418 e. The lowest BCUT2D eigenvalue weighted by Crippen LogP contribution is -2.47. The zero-order valence-corrected chi connectivity index (χ0v) is 22.9. The van der Waals surface area contributed by atoms with Gasteiger partial charge in [0.1, 0.15) is 11.4 Å². The molecule has 3 aromatic rings. The van der Waals surface area contributed by atoms with Crippen LogP contribution in [0.4, 0.5) is 4.79 Å². The van der Waals surface area contributed by atoms with Crippen LogP contribution >= 0.6 is 6.89 Å². The standard InChI is InChI=1S/C31H35N2O3P/c1-5-6-16-23-33(31(2,3)4)30(35)36-29(34)28(24-32)37(25-17-10-7-11-18-25,26-19-12-8-13-20-26)27-21-14-9-15-22-27/h7-15,17-22H,5-6,16,23H2,1-4H3. The molecule has 192 valence electrons. The number of carbonyl (C=O) groups is 2. The third-order valence-corrected chi connectivity index (χ3v) is 10.4. The molecule has 0 heterocycles. The van der Waals surface area contributed by atoms with Gasteiger partial charge < -0.3 is 9.64 Å². The Morgan fingerprint density at radius 1 is 0.811 bits per heavy atom. The van der Waals surface area contributed by atoms with Gasteiger partial charge in [0.15, 0.2) is 0 Å². The fraction of sp³-hybridized carbons (Fsp3) is 0.290. The van der Waals surface area contributed by atoms with E-state index < -0.39 is 24.5 Å². The average Bonchev–Trinajstić information content (AvgIpc) is 2.90. The minimum Gasteiger partial charge on any atom is -0.372 e. The summed E-state index contributed by atoms with van der Waals surface area (Å²) < 4.78 is 5.51. The number of hydrogen-bond acceptors (Lipinski definition) is 4. The van der Waals surface area contributed by atoms with E-state index in [1.54, 1.807) is 4.90 Å².